The average Bonchev–Trinajstić information content (AvgIpc) is 2.68. The molecule has 0 unspecified atom stereocenters. The van der Waals surface area contributed by atoms with E-state index in [2.05, 4.69) is 5.32 Å². The molecule has 0 aliphatic heterocycles. The van der Waals surface area contributed by atoms with E-state index in [1.807, 2.05) is 0 Å². The normalized spacial score (nSPS) is 12.3. The fourth-order valence-electron chi connectivity index (χ4n) is 3.23. The summed E-state index contributed by atoms with van der Waals surface area (Å²) in [5.74, 6) is -2.60. The van der Waals surface area contributed by atoms with Crippen molar-refractivity contribution in [1.82, 2.24) is 0 Å². The van der Waals surface area contributed by atoms with Crippen molar-refractivity contribution in [2.24, 2.45) is 0 Å². The maximum absolute atomic E-state index is 12.9. The number of anilines is 2. The molecule has 0 bridgehead atoms. The topological polar surface area (TPSA) is 130 Å². The molecule has 28 heavy (non-hydrogen) atoms. The lowest BCUT2D eigenvalue weighted by Crippen LogP contribution is -2.22. The number of phenols is 2. The molecule has 0 saturated heterocycles. The number of nitro benzene ring substituents is 1. The SMILES string of the molecule is O=C1c2cccc(O)c2C(=O)c2c1cc([N+](=O)[O-])c(Nc1ccccc1)c2O. The maximum atomic E-state index is 12.9. The predicted octanol–water partition coefficient (Wildman–Crippen LogP) is 3.53. The van der Waals surface area contributed by atoms with Crippen LogP contribution in [0.15, 0.2) is 54.6 Å². The Labute approximate surface area is 157 Å². The van der Waals surface area contributed by atoms with Gasteiger partial charge in [0.2, 0.25) is 5.78 Å². The van der Waals surface area contributed by atoms with E-state index in [4.69, 9.17) is 0 Å². The van der Waals surface area contributed by atoms with Crippen LogP contribution in [0.4, 0.5) is 17.1 Å². The number of hydrogen-bond acceptors (Lipinski definition) is 7. The van der Waals surface area contributed by atoms with Gasteiger partial charge < -0.3 is 15.5 Å². The molecule has 0 fully saturated rings. The number of nitro groups is 1. The Morgan fingerprint density at radius 1 is 0.857 bits per heavy atom. The number of rotatable bonds is 3. The van der Waals surface area contributed by atoms with Crippen molar-refractivity contribution < 1.29 is 24.7 Å². The van der Waals surface area contributed by atoms with Crippen LogP contribution in [0.1, 0.15) is 31.8 Å². The molecule has 0 amide bonds. The number of nitrogens with zero attached hydrogens (tertiary/aromatic N) is 1. The Morgan fingerprint density at radius 2 is 1.57 bits per heavy atom. The monoisotopic (exact) mass is 376 g/mol. The second kappa shape index (κ2) is 6.20. The van der Waals surface area contributed by atoms with Crippen molar-refractivity contribution in [3.63, 3.8) is 0 Å². The van der Waals surface area contributed by atoms with Crippen molar-refractivity contribution in [3.8, 4) is 11.5 Å². The molecule has 0 saturated carbocycles. The van der Waals surface area contributed by atoms with Crippen LogP contribution in [0, 0.1) is 10.1 Å². The van der Waals surface area contributed by atoms with E-state index < -0.39 is 33.7 Å². The summed E-state index contributed by atoms with van der Waals surface area (Å²) < 4.78 is 0. The van der Waals surface area contributed by atoms with Crippen LogP contribution in [0.3, 0.4) is 0 Å². The van der Waals surface area contributed by atoms with Crippen LogP contribution in [0.5, 0.6) is 11.5 Å². The molecule has 1 aliphatic rings. The summed E-state index contributed by atoms with van der Waals surface area (Å²) in [7, 11) is 0. The highest BCUT2D eigenvalue weighted by Gasteiger charge is 2.38. The molecule has 3 aromatic carbocycles. The van der Waals surface area contributed by atoms with Gasteiger partial charge in [-0.15, -0.1) is 0 Å². The summed E-state index contributed by atoms with van der Waals surface area (Å²) in [5, 5.41) is 35.0. The van der Waals surface area contributed by atoms with Gasteiger partial charge in [-0.05, 0) is 18.2 Å². The van der Waals surface area contributed by atoms with Gasteiger partial charge in [0, 0.05) is 22.9 Å². The zero-order chi connectivity index (χ0) is 20.0. The zero-order valence-electron chi connectivity index (χ0n) is 14.2. The lowest BCUT2D eigenvalue weighted by molar-refractivity contribution is -0.384. The lowest BCUT2D eigenvalue weighted by Gasteiger charge is -2.21. The third kappa shape index (κ3) is 2.47. The first-order valence-electron chi connectivity index (χ1n) is 8.18. The standard InChI is InChI=1S/C20H12N2O6/c23-14-8-4-7-11-15(14)19(25)16-12(18(11)24)9-13(22(27)28)17(20(16)26)21-10-5-2-1-3-6-10/h1-9,21,23,26H. The number of fused-ring (bicyclic) bond motifs is 2. The van der Waals surface area contributed by atoms with Gasteiger partial charge >= 0.3 is 0 Å². The smallest absolute Gasteiger partial charge is 0.297 e. The summed E-state index contributed by atoms with van der Waals surface area (Å²) in [6, 6.07) is 13.3. The Balaban J connectivity index is 1.98. The summed E-state index contributed by atoms with van der Waals surface area (Å²) in [5.41, 5.74) is -1.41. The summed E-state index contributed by atoms with van der Waals surface area (Å²) >= 11 is 0. The molecule has 8 nitrogen and oxygen atoms in total. The van der Waals surface area contributed by atoms with E-state index in [0.717, 1.165) is 6.07 Å². The van der Waals surface area contributed by atoms with Gasteiger partial charge in [-0.2, -0.15) is 0 Å². The van der Waals surface area contributed by atoms with Crippen molar-refractivity contribution in [3.05, 3.63) is 87.0 Å². The summed E-state index contributed by atoms with van der Waals surface area (Å²) in [6.45, 7) is 0. The highest BCUT2D eigenvalue weighted by Crippen LogP contribution is 2.45. The Kier molecular flexibility index (Phi) is 3.82. The van der Waals surface area contributed by atoms with E-state index in [-0.39, 0.29) is 27.9 Å². The van der Waals surface area contributed by atoms with Gasteiger partial charge in [-0.25, -0.2) is 0 Å². The molecule has 138 valence electrons. The summed E-state index contributed by atoms with van der Waals surface area (Å²) in [4.78, 5) is 36.5. The van der Waals surface area contributed by atoms with Crippen molar-refractivity contribution in [1.29, 1.82) is 0 Å². The van der Waals surface area contributed by atoms with Crippen molar-refractivity contribution in [2.75, 3.05) is 5.32 Å². The van der Waals surface area contributed by atoms with Crippen LogP contribution in [0.2, 0.25) is 0 Å². The summed E-state index contributed by atoms with van der Waals surface area (Å²) in [6.07, 6.45) is 0. The molecule has 4 rings (SSSR count). The Hall–Kier alpha value is -4.20. The van der Waals surface area contributed by atoms with E-state index in [1.54, 1.807) is 30.3 Å². The van der Waals surface area contributed by atoms with Crippen LogP contribution < -0.4 is 5.32 Å². The Morgan fingerprint density at radius 3 is 2.25 bits per heavy atom. The minimum absolute atomic E-state index is 0.0741. The quantitative estimate of drug-likeness (QED) is 0.283. The third-order valence-electron chi connectivity index (χ3n) is 4.51. The minimum Gasteiger partial charge on any atom is -0.507 e. The van der Waals surface area contributed by atoms with Crippen LogP contribution in [-0.2, 0) is 0 Å². The number of nitrogens with one attached hydrogen (secondary N) is 1. The first kappa shape index (κ1) is 17.2. The highest BCUT2D eigenvalue weighted by atomic mass is 16.6. The molecule has 0 heterocycles. The second-order valence-corrected chi connectivity index (χ2v) is 6.15. The van der Waals surface area contributed by atoms with Gasteiger partial charge in [0.15, 0.2) is 17.2 Å². The van der Waals surface area contributed by atoms with E-state index >= 15 is 0 Å². The first-order valence-corrected chi connectivity index (χ1v) is 8.18. The number of phenolic OH excluding ortho intramolecular Hbond substituents is 2. The lowest BCUT2D eigenvalue weighted by atomic mass is 9.82. The molecule has 0 radical (unpaired) electrons. The van der Waals surface area contributed by atoms with E-state index in [1.165, 1.54) is 18.2 Å². The molecule has 3 N–H and O–H groups in total. The predicted molar refractivity (Wildman–Crippen MR) is 99.5 cm³/mol. The van der Waals surface area contributed by atoms with Gasteiger partial charge in [0.25, 0.3) is 5.69 Å². The van der Waals surface area contributed by atoms with Crippen LogP contribution in [-0.4, -0.2) is 26.7 Å². The van der Waals surface area contributed by atoms with Crippen molar-refractivity contribution >= 4 is 28.6 Å². The second-order valence-electron chi connectivity index (χ2n) is 6.15. The minimum atomic E-state index is -0.786. The number of ketones is 2. The number of carbonyl (C=O) groups excluding carboxylic acids is 2. The van der Waals surface area contributed by atoms with Crippen LogP contribution >= 0.6 is 0 Å². The molecule has 3 aromatic rings. The molecule has 0 aromatic heterocycles. The number of benzene rings is 3. The Bertz CT molecular complexity index is 1170. The van der Waals surface area contributed by atoms with Gasteiger partial charge in [0.1, 0.15) is 5.75 Å². The number of para-hydroxylation sites is 1. The molecular weight excluding hydrogens is 364 g/mol. The van der Waals surface area contributed by atoms with Crippen LogP contribution in [0.25, 0.3) is 0 Å². The van der Waals surface area contributed by atoms with E-state index in [9.17, 15) is 29.9 Å². The molecule has 0 spiro atoms. The number of carbonyl (C=O) groups is 2. The third-order valence-corrected chi connectivity index (χ3v) is 4.51. The number of hydrogen-bond donors (Lipinski definition) is 3. The highest BCUT2D eigenvalue weighted by molar-refractivity contribution is 6.31. The molecule has 8 heteroatoms. The van der Waals surface area contributed by atoms with Gasteiger partial charge in [0.05, 0.1) is 16.1 Å². The average molecular weight is 376 g/mol. The molecule has 0 atom stereocenters. The van der Waals surface area contributed by atoms with Gasteiger partial charge in [-0.3, -0.25) is 19.7 Å². The van der Waals surface area contributed by atoms with E-state index in [0.29, 0.717) is 5.69 Å². The maximum Gasteiger partial charge on any atom is 0.297 e. The number of aromatic hydroxyl groups is 2. The van der Waals surface area contributed by atoms with Gasteiger partial charge in [-0.1, -0.05) is 30.3 Å². The largest absolute Gasteiger partial charge is 0.507 e. The fraction of sp³-hybridized carbons (Fsp3) is 0. The molecule has 1 aliphatic carbocycles. The first-order chi connectivity index (χ1) is 13.4. The zero-order valence-corrected chi connectivity index (χ0v) is 14.2. The fourth-order valence-corrected chi connectivity index (χ4v) is 3.23. The molecular formula is C20H12N2O6. The van der Waals surface area contributed by atoms with Crippen molar-refractivity contribution in [2.45, 2.75) is 0 Å².